The molecule has 6 heteroatoms. The van der Waals surface area contributed by atoms with Crippen molar-refractivity contribution in [3.8, 4) is 0 Å². The molecule has 0 aliphatic rings. The summed E-state index contributed by atoms with van der Waals surface area (Å²) in [4.78, 5) is 26.6. The molecule has 0 saturated carbocycles. The molecule has 1 aromatic heterocycles. The van der Waals surface area contributed by atoms with Crippen LogP contribution in [0.3, 0.4) is 0 Å². The van der Waals surface area contributed by atoms with Gasteiger partial charge in [-0.1, -0.05) is 30.0 Å². The van der Waals surface area contributed by atoms with E-state index in [4.69, 9.17) is 5.11 Å². The molecule has 2 aromatic rings. The van der Waals surface area contributed by atoms with Gasteiger partial charge in [0.1, 0.15) is 0 Å². The average molecular weight is 288 g/mol. The van der Waals surface area contributed by atoms with E-state index in [1.807, 2.05) is 18.2 Å². The molecule has 0 unspecified atom stereocenters. The van der Waals surface area contributed by atoms with Crippen LogP contribution in [0.25, 0.3) is 0 Å². The van der Waals surface area contributed by atoms with Gasteiger partial charge in [-0.2, -0.15) is 0 Å². The van der Waals surface area contributed by atoms with Gasteiger partial charge in [0, 0.05) is 11.9 Å². The molecule has 1 heterocycles. The van der Waals surface area contributed by atoms with Gasteiger partial charge in [-0.3, -0.25) is 4.79 Å². The van der Waals surface area contributed by atoms with Crippen LogP contribution in [0.15, 0.2) is 53.7 Å². The highest BCUT2D eigenvalue weighted by Gasteiger charge is 2.07. The molecule has 0 spiro atoms. The molecule has 0 fully saturated rings. The monoisotopic (exact) mass is 288 g/mol. The van der Waals surface area contributed by atoms with Crippen LogP contribution in [0.5, 0.6) is 0 Å². The van der Waals surface area contributed by atoms with Gasteiger partial charge in [0.15, 0.2) is 0 Å². The fourth-order valence-corrected chi connectivity index (χ4v) is 2.18. The first-order valence-electron chi connectivity index (χ1n) is 5.82. The van der Waals surface area contributed by atoms with Crippen molar-refractivity contribution in [1.29, 1.82) is 0 Å². The second-order valence-corrected chi connectivity index (χ2v) is 4.89. The molecule has 1 amide bonds. The second-order valence-electron chi connectivity index (χ2n) is 3.89. The Kier molecular flexibility index (Phi) is 4.73. The van der Waals surface area contributed by atoms with Crippen molar-refractivity contribution < 1.29 is 14.7 Å². The highest BCUT2D eigenvalue weighted by molar-refractivity contribution is 7.99. The molecular weight excluding hydrogens is 276 g/mol. The van der Waals surface area contributed by atoms with Gasteiger partial charge in [0.2, 0.25) is 5.91 Å². The summed E-state index contributed by atoms with van der Waals surface area (Å²) in [6.45, 7) is 0. The zero-order valence-electron chi connectivity index (χ0n) is 10.4. The van der Waals surface area contributed by atoms with E-state index in [2.05, 4.69) is 10.3 Å². The summed E-state index contributed by atoms with van der Waals surface area (Å²) in [5.41, 5.74) is 0.885. The summed E-state index contributed by atoms with van der Waals surface area (Å²) in [6.07, 6.45) is 1.42. The third-order valence-electron chi connectivity index (χ3n) is 2.39. The minimum absolute atomic E-state index is 0.158. The van der Waals surface area contributed by atoms with Crippen LogP contribution in [0.2, 0.25) is 0 Å². The molecule has 0 saturated heterocycles. The van der Waals surface area contributed by atoms with Crippen molar-refractivity contribution in [3.05, 3.63) is 54.2 Å². The summed E-state index contributed by atoms with van der Waals surface area (Å²) >= 11 is 1.19. The van der Waals surface area contributed by atoms with Gasteiger partial charge in [0.05, 0.1) is 16.3 Å². The van der Waals surface area contributed by atoms with Gasteiger partial charge >= 0.3 is 5.97 Å². The lowest BCUT2D eigenvalue weighted by Crippen LogP contribution is -2.14. The molecule has 0 radical (unpaired) electrons. The lowest BCUT2D eigenvalue weighted by Gasteiger charge is -2.04. The maximum absolute atomic E-state index is 11.7. The fourth-order valence-electron chi connectivity index (χ4n) is 1.48. The van der Waals surface area contributed by atoms with E-state index in [1.165, 1.54) is 30.1 Å². The molecule has 0 aliphatic heterocycles. The number of hydrogen-bond donors (Lipinski definition) is 2. The number of thioether (sulfide) groups is 1. The van der Waals surface area contributed by atoms with Crippen molar-refractivity contribution in [2.24, 2.45) is 0 Å². The molecular formula is C14H12N2O3S. The summed E-state index contributed by atoms with van der Waals surface area (Å²) in [5.74, 6) is -1.00. The number of aromatic nitrogens is 1. The Morgan fingerprint density at radius 3 is 2.65 bits per heavy atom. The normalized spacial score (nSPS) is 10.0. The van der Waals surface area contributed by atoms with Crippen LogP contribution in [0.1, 0.15) is 10.4 Å². The van der Waals surface area contributed by atoms with Crippen LogP contribution in [-0.4, -0.2) is 27.7 Å². The number of hydrogen-bond acceptors (Lipinski definition) is 4. The van der Waals surface area contributed by atoms with Crippen LogP contribution >= 0.6 is 11.8 Å². The molecule has 0 bridgehead atoms. The number of pyridine rings is 1. The largest absolute Gasteiger partial charge is 0.478 e. The van der Waals surface area contributed by atoms with Crippen LogP contribution in [0.4, 0.5) is 5.69 Å². The number of aromatic carboxylic acids is 1. The maximum Gasteiger partial charge on any atom is 0.335 e. The number of carbonyl (C=O) groups is 2. The molecule has 20 heavy (non-hydrogen) atoms. The zero-order chi connectivity index (χ0) is 14.4. The Labute approximate surface area is 120 Å². The van der Waals surface area contributed by atoms with E-state index >= 15 is 0 Å². The molecule has 5 nitrogen and oxygen atoms in total. The van der Waals surface area contributed by atoms with Gasteiger partial charge in [-0.05, 0) is 24.3 Å². The van der Waals surface area contributed by atoms with Crippen LogP contribution in [-0.2, 0) is 4.79 Å². The first kappa shape index (κ1) is 14.1. The quantitative estimate of drug-likeness (QED) is 0.826. The minimum atomic E-state index is -1.01. The molecule has 0 atom stereocenters. The fraction of sp³-hybridized carbons (Fsp3) is 0.0714. The van der Waals surface area contributed by atoms with Crippen molar-refractivity contribution in [1.82, 2.24) is 4.98 Å². The van der Waals surface area contributed by atoms with Gasteiger partial charge in [0.25, 0.3) is 0 Å². The number of rotatable bonds is 5. The van der Waals surface area contributed by atoms with Gasteiger partial charge in [-0.25, -0.2) is 9.78 Å². The van der Waals surface area contributed by atoms with Gasteiger partial charge in [-0.15, -0.1) is 0 Å². The van der Waals surface area contributed by atoms with Crippen molar-refractivity contribution >= 4 is 29.3 Å². The number of para-hydroxylation sites is 1. The van der Waals surface area contributed by atoms with Crippen molar-refractivity contribution in [2.45, 2.75) is 5.03 Å². The van der Waals surface area contributed by atoms with E-state index in [0.717, 1.165) is 5.69 Å². The van der Waals surface area contributed by atoms with E-state index in [9.17, 15) is 9.59 Å². The Bertz CT molecular complexity index is 617. The third-order valence-corrected chi connectivity index (χ3v) is 3.32. The van der Waals surface area contributed by atoms with Crippen molar-refractivity contribution in [3.63, 3.8) is 0 Å². The van der Waals surface area contributed by atoms with E-state index in [1.54, 1.807) is 12.1 Å². The summed E-state index contributed by atoms with van der Waals surface area (Å²) in [7, 11) is 0. The number of carboxylic acids is 1. The SMILES string of the molecule is O=C(CSc1cc(C(=O)O)ccn1)Nc1ccccc1. The predicted octanol–water partition coefficient (Wildman–Crippen LogP) is 2.51. The lowest BCUT2D eigenvalue weighted by atomic mass is 10.3. The number of amides is 1. The van der Waals surface area contributed by atoms with Crippen LogP contribution < -0.4 is 5.32 Å². The molecule has 102 valence electrons. The highest BCUT2D eigenvalue weighted by Crippen LogP contribution is 2.17. The molecule has 2 rings (SSSR count). The second kappa shape index (κ2) is 6.72. The Morgan fingerprint density at radius 1 is 1.20 bits per heavy atom. The first-order valence-corrected chi connectivity index (χ1v) is 6.81. The smallest absolute Gasteiger partial charge is 0.335 e. The number of carbonyl (C=O) groups excluding carboxylic acids is 1. The van der Waals surface area contributed by atoms with Crippen molar-refractivity contribution in [2.75, 3.05) is 11.1 Å². The Balaban J connectivity index is 1.90. The average Bonchev–Trinajstić information content (AvgIpc) is 2.46. The van der Waals surface area contributed by atoms with E-state index < -0.39 is 5.97 Å². The topological polar surface area (TPSA) is 79.3 Å². The number of nitrogens with zero attached hydrogens (tertiary/aromatic N) is 1. The first-order chi connectivity index (χ1) is 9.65. The van der Waals surface area contributed by atoms with E-state index in [-0.39, 0.29) is 17.2 Å². The van der Waals surface area contributed by atoms with E-state index in [0.29, 0.717) is 5.03 Å². The summed E-state index contributed by atoms with van der Waals surface area (Å²) < 4.78 is 0. The van der Waals surface area contributed by atoms with Crippen LogP contribution in [0, 0.1) is 0 Å². The molecule has 0 aliphatic carbocycles. The molecule has 1 aromatic carbocycles. The number of anilines is 1. The number of nitrogens with one attached hydrogen (secondary N) is 1. The summed E-state index contributed by atoms with van der Waals surface area (Å²) in [5, 5.41) is 12.1. The predicted molar refractivity (Wildman–Crippen MR) is 77.0 cm³/mol. The number of benzene rings is 1. The third kappa shape index (κ3) is 4.10. The maximum atomic E-state index is 11.7. The lowest BCUT2D eigenvalue weighted by molar-refractivity contribution is -0.113. The Morgan fingerprint density at radius 2 is 1.95 bits per heavy atom. The standard InChI is InChI=1S/C14H12N2O3S/c17-12(16-11-4-2-1-3-5-11)9-20-13-8-10(14(18)19)6-7-15-13/h1-8H,9H2,(H,16,17)(H,18,19). The van der Waals surface area contributed by atoms with Gasteiger partial charge < -0.3 is 10.4 Å². The highest BCUT2D eigenvalue weighted by atomic mass is 32.2. The minimum Gasteiger partial charge on any atom is -0.478 e. The number of carboxylic acid groups (broad SMARTS) is 1. The Hall–Kier alpha value is -2.34. The molecule has 2 N–H and O–H groups in total. The zero-order valence-corrected chi connectivity index (χ0v) is 11.3. The summed E-state index contributed by atoms with van der Waals surface area (Å²) in [6, 6.07) is 12.0.